The van der Waals surface area contributed by atoms with E-state index in [-0.39, 0.29) is 6.10 Å². The third-order valence-electron chi connectivity index (χ3n) is 2.80. The largest absolute Gasteiger partial charge is 0.454 e. The maximum absolute atomic E-state index is 11.8. The van der Waals surface area contributed by atoms with Crippen LogP contribution >= 0.6 is 0 Å². The van der Waals surface area contributed by atoms with Gasteiger partial charge in [0, 0.05) is 6.20 Å². The number of benzene rings is 1. The zero-order valence-electron chi connectivity index (χ0n) is 11.6. The number of aryl methyl sites for hydroxylation is 1. The van der Waals surface area contributed by atoms with E-state index in [9.17, 15) is 4.79 Å². The van der Waals surface area contributed by atoms with Gasteiger partial charge < -0.3 is 4.74 Å². The summed E-state index contributed by atoms with van der Waals surface area (Å²) in [5, 5.41) is 0. The topological polar surface area (TPSA) is 39.2 Å². The van der Waals surface area contributed by atoms with Crippen LogP contribution in [-0.2, 0) is 4.74 Å². The van der Waals surface area contributed by atoms with Gasteiger partial charge in [-0.25, -0.2) is 9.78 Å². The molecule has 3 nitrogen and oxygen atoms in total. The molecule has 0 aliphatic carbocycles. The molecule has 0 spiro atoms. The zero-order valence-corrected chi connectivity index (χ0v) is 11.6. The van der Waals surface area contributed by atoms with E-state index < -0.39 is 5.97 Å². The highest BCUT2D eigenvalue weighted by Crippen LogP contribution is 2.07. The molecule has 2 aromatic rings. The molecule has 0 saturated heterocycles. The van der Waals surface area contributed by atoms with Gasteiger partial charge >= 0.3 is 5.97 Å². The summed E-state index contributed by atoms with van der Waals surface area (Å²) in [5.41, 5.74) is 2.62. The molecule has 0 N–H and O–H groups in total. The maximum atomic E-state index is 11.8. The number of carbonyl (C=O) groups excluding carboxylic acids is 1. The van der Waals surface area contributed by atoms with Crippen molar-refractivity contribution in [2.75, 3.05) is 0 Å². The van der Waals surface area contributed by atoms with Gasteiger partial charge in [0.15, 0.2) is 0 Å². The molecule has 0 aliphatic rings. The highest BCUT2D eigenvalue weighted by atomic mass is 16.5. The molecule has 1 aromatic heterocycles. The van der Waals surface area contributed by atoms with E-state index in [1.807, 2.05) is 50.3 Å². The van der Waals surface area contributed by atoms with E-state index in [2.05, 4.69) is 4.98 Å². The van der Waals surface area contributed by atoms with Gasteiger partial charge in [-0.15, -0.1) is 0 Å². The first-order valence-corrected chi connectivity index (χ1v) is 6.52. The van der Waals surface area contributed by atoms with Crippen molar-refractivity contribution in [3.8, 4) is 0 Å². The molecule has 102 valence electrons. The van der Waals surface area contributed by atoms with Gasteiger partial charge in [0.05, 0.1) is 0 Å². The van der Waals surface area contributed by atoms with E-state index in [0.717, 1.165) is 5.56 Å². The Hall–Kier alpha value is -2.42. The summed E-state index contributed by atoms with van der Waals surface area (Å²) >= 11 is 0. The number of nitrogens with zero attached hydrogens (tertiary/aromatic N) is 1. The predicted octanol–water partition coefficient (Wildman–Crippen LogP) is 3.65. The third-order valence-corrected chi connectivity index (χ3v) is 2.80. The van der Waals surface area contributed by atoms with Crippen LogP contribution in [0.25, 0.3) is 6.08 Å². The molecule has 1 aromatic carbocycles. The third kappa shape index (κ3) is 4.05. The fraction of sp³-hybridized carbons (Fsp3) is 0.176. The van der Waals surface area contributed by atoms with E-state index in [0.29, 0.717) is 5.69 Å². The molecule has 0 aliphatic heterocycles. The van der Waals surface area contributed by atoms with Crippen molar-refractivity contribution in [3.05, 3.63) is 71.6 Å². The second-order valence-electron chi connectivity index (χ2n) is 4.60. The number of ether oxygens (including phenoxy) is 1. The summed E-state index contributed by atoms with van der Waals surface area (Å²) in [4.78, 5) is 15.8. The SMILES string of the molecule is Cc1ccc(/C=C/[C@@H](C)OC(=O)c2ccccn2)cc1. The molecule has 0 radical (unpaired) electrons. The summed E-state index contributed by atoms with van der Waals surface area (Å²) in [6.07, 6.45) is 5.07. The van der Waals surface area contributed by atoms with E-state index in [4.69, 9.17) is 4.74 Å². The minimum Gasteiger partial charge on any atom is -0.454 e. The maximum Gasteiger partial charge on any atom is 0.357 e. The van der Waals surface area contributed by atoms with Crippen LogP contribution in [0.3, 0.4) is 0 Å². The first kappa shape index (κ1) is 14.0. The Balaban J connectivity index is 1.94. The van der Waals surface area contributed by atoms with Crippen molar-refractivity contribution in [3.63, 3.8) is 0 Å². The minimum absolute atomic E-state index is 0.300. The van der Waals surface area contributed by atoms with Gasteiger partial charge in [-0.1, -0.05) is 42.0 Å². The predicted molar refractivity (Wildman–Crippen MR) is 79.3 cm³/mol. The number of hydrogen-bond donors (Lipinski definition) is 0. The average Bonchev–Trinajstić information content (AvgIpc) is 2.47. The Morgan fingerprint density at radius 1 is 1.20 bits per heavy atom. The number of rotatable bonds is 4. The molecule has 0 unspecified atom stereocenters. The lowest BCUT2D eigenvalue weighted by molar-refractivity contribution is 0.0419. The Labute approximate surface area is 118 Å². The fourth-order valence-corrected chi connectivity index (χ4v) is 1.68. The minimum atomic E-state index is -0.411. The van der Waals surface area contributed by atoms with Crippen LogP contribution in [0, 0.1) is 6.92 Å². The monoisotopic (exact) mass is 267 g/mol. The highest BCUT2D eigenvalue weighted by molar-refractivity contribution is 5.87. The molecule has 0 bridgehead atoms. The Morgan fingerprint density at radius 2 is 1.95 bits per heavy atom. The second kappa shape index (κ2) is 6.66. The van der Waals surface area contributed by atoms with Crippen LogP contribution in [0.2, 0.25) is 0 Å². The molecular formula is C17H17NO2. The normalized spacial score (nSPS) is 12.3. The number of hydrogen-bond acceptors (Lipinski definition) is 3. The fourth-order valence-electron chi connectivity index (χ4n) is 1.68. The number of pyridine rings is 1. The lowest BCUT2D eigenvalue weighted by atomic mass is 10.1. The van der Waals surface area contributed by atoms with E-state index in [1.165, 1.54) is 5.56 Å². The summed E-state index contributed by atoms with van der Waals surface area (Å²) in [7, 11) is 0. The van der Waals surface area contributed by atoms with Gasteiger partial charge in [0.25, 0.3) is 0 Å². The van der Waals surface area contributed by atoms with Crippen LogP contribution in [0.4, 0.5) is 0 Å². The molecule has 0 fully saturated rings. The first-order chi connectivity index (χ1) is 9.65. The standard InChI is InChI=1S/C17H17NO2/c1-13-6-9-15(10-7-13)11-8-14(2)20-17(19)16-5-3-4-12-18-16/h3-12,14H,1-2H3/b11-8+/t14-/m1/s1. The smallest absolute Gasteiger partial charge is 0.357 e. The molecule has 1 heterocycles. The quantitative estimate of drug-likeness (QED) is 0.794. The van der Waals surface area contributed by atoms with Crippen molar-refractivity contribution in [1.29, 1.82) is 0 Å². The highest BCUT2D eigenvalue weighted by Gasteiger charge is 2.10. The van der Waals surface area contributed by atoms with Crippen LogP contribution in [-0.4, -0.2) is 17.1 Å². The van der Waals surface area contributed by atoms with Crippen molar-refractivity contribution < 1.29 is 9.53 Å². The molecule has 1 atom stereocenters. The van der Waals surface area contributed by atoms with Gasteiger partial charge in [0.1, 0.15) is 11.8 Å². The van der Waals surface area contributed by atoms with Crippen molar-refractivity contribution in [1.82, 2.24) is 4.98 Å². The molecule has 2 rings (SSSR count). The van der Waals surface area contributed by atoms with E-state index >= 15 is 0 Å². The number of carbonyl (C=O) groups is 1. The molecule has 0 saturated carbocycles. The van der Waals surface area contributed by atoms with E-state index in [1.54, 1.807) is 24.4 Å². The van der Waals surface area contributed by atoms with Crippen molar-refractivity contribution in [2.45, 2.75) is 20.0 Å². The van der Waals surface area contributed by atoms with Crippen molar-refractivity contribution >= 4 is 12.0 Å². The summed E-state index contributed by atoms with van der Waals surface area (Å²) in [5.74, 6) is -0.411. The van der Waals surface area contributed by atoms with Crippen LogP contribution < -0.4 is 0 Å². The zero-order chi connectivity index (χ0) is 14.4. The average molecular weight is 267 g/mol. The van der Waals surface area contributed by atoms with Crippen molar-refractivity contribution in [2.24, 2.45) is 0 Å². The molecule has 3 heteroatoms. The summed E-state index contributed by atoms with van der Waals surface area (Å²) in [6.45, 7) is 3.87. The molecule has 0 amide bonds. The summed E-state index contributed by atoms with van der Waals surface area (Å²) < 4.78 is 5.29. The van der Waals surface area contributed by atoms with Crippen LogP contribution in [0.5, 0.6) is 0 Å². The number of esters is 1. The van der Waals surface area contributed by atoms with Crippen LogP contribution in [0.15, 0.2) is 54.7 Å². The molecular weight excluding hydrogens is 250 g/mol. The first-order valence-electron chi connectivity index (χ1n) is 6.52. The Bertz CT molecular complexity index is 588. The second-order valence-corrected chi connectivity index (χ2v) is 4.60. The molecule has 20 heavy (non-hydrogen) atoms. The van der Waals surface area contributed by atoms with Gasteiger partial charge in [-0.2, -0.15) is 0 Å². The van der Waals surface area contributed by atoms with Crippen LogP contribution in [0.1, 0.15) is 28.5 Å². The lowest BCUT2D eigenvalue weighted by Gasteiger charge is -2.08. The van der Waals surface area contributed by atoms with Gasteiger partial charge in [-0.3, -0.25) is 0 Å². The Kier molecular flexibility index (Phi) is 4.66. The van der Waals surface area contributed by atoms with Gasteiger partial charge in [-0.05, 0) is 37.6 Å². The lowest BCUT2D eigenvalue weighted by Crippen LogP contribution is -2.13. The summed E-state index contributed by atoms with van der Waals surface area (Å²) in [6, 6.07) is 13.3. The Morgan fingerprint density at radius 3 is 2.60 bits per heavy atom. The van der Waals surface area contributed by atoms with Gasteiger partial charge in [0.2, 0.25) is 0 Å². The number of aromatic nitrogens is 1.